The average molecular weight is 153 g/mol. The minimum atomic E-state index is 0.191. The fraction of sp³-hybridized carbons (Fsp3) is 0.667. The predicted octanol–water partition coefficient (Wildman–Crippen LogP) is 0.967. The van der Waals surface area contributed by atoms with E-state index in [0.717, 1.165) is 0 Å². The third kappa shape index (κ3) is 7.08. The van der Waals surface area contributed by atoms with E-state index in [1.54, 1.807) is 0 Å². The van der Waals surface area contributed by atoms with Crippen molar-refractivity contribution in [2.24, 2.45) is 0 Å². The number of carbonyl (C=O) groups is 1. The standard InChI is InChI=1S/C9H15NO/c1-4-5-6-9(11)7-10-8(2)3/h1,8,10H,5-7H2,2-3H3. The summed E-state index contributed by atoms with van der Waals surface area (Å²) < 4.78 is 0. The molecular formula is C9H15NO. The molecule has 11 heavy (non-hydrogen) atoms. The first-order valence-corrected chi connectivity index (χ1v) is 3.85. The molecule has 0 aromatic heterocycles. The molecule has 0 saturated heterocycles. The highest BCUT2D eigenvalue weighted by Crippen LogP contribution is 1.88. The molecule has 2 heteroatoms. The highest BCUT2D eigenvalue weighted by molar-refractivity contribution is 5.80. The zero-order chi connectivity index (χ0) is 8.69. The molecule has 0 atom stereocenters. The van der Waals surface area contributed by atoms with Gasteiger partial charge in [0.25, 0.3) is 0 Å². The minimum Gasteiger partial charge on any atom is -0.308 e. The summed E-state index contributed by atoms with van der Waals surface area (Å²) in [6, 6.07) is 0.366. The van der Waals surface area contributed by atoms with Crippen molar-refractivity contribution in [2.75, 3.05) is 6.54 Å². The molecular weight excluding hydrogens is 138 g/mol. The first kappa shape index (κ1) is 10.2. The van der Waals surface area contributed by atoms with Gasteiger partial charge in [0, 0.05) is 18.9 Å². The summed E-state index contributed by atoms with van der Waals surface area (Å²) in [5, 5.41) is 3.04. The van der Waals surface area contributed by atoms with E-state index >= 15 is 0 Å². The molecule has 0 saturated carbocycles. The molecule has 62 valence electrons. The van der Waals surface area contributed by atoms with Crippen LogP contribution in [0.5, 0.6) is 0 Å². The second-order valence-electron chi connectivity index (χ2n) is 2.78. The van der Waals surface area contributed by atoms with Gasteiger partial charge in [0.05, 0.1) is 6.54 Å². The zero-order valence-electron chi connectivity index (χ0n) is 7.18. The zero-order valence-corrected chi connectivity index (χ0v) is 7.18. The van der Waals surface area contributed by atoms with Gasteiger partial charge in [0.2, 0.25) is 0 Å². The van der Waals surface area contributed by atoms with E-state index in [1.807, 2.05) is 13.8 Å². The summed E-state index contributed by atoms with van der Waals surface area (Å²) >= 11 is 0. The molecule has 0 aliphatic carbocycles. The van der Waals surface area contributed by atoms with Crippen molar-refractivity contribution >= 4 is 5.78 Å². The SMILES string of the molecule is C#CCCC(=O)CNC(C)C. The molecule has 0 bridgehead atoms. The molecule has 0 unspecified atom stereocenters. The molecule has 2 nitrogen and oxygen atoms in total. The fourth-order valence-corrected chi connectivity index (χ4v) is 0.618. The van der Waals surface area contributed by atoms with E-state index in [-0.39, 0.29) is 5.78 Å². The lowest BCUT2D eigenvalue weighted by atomic mass is 10.2. The Morgan fingerprint density at radius 2 is 2.27 bits per heavy atom. The summed E-state index contributed by atoms with van der Waals surface area (Å²) in [4.78, 5) is 10.9. The monoisotopic (exact) mass is 153 g/mol. The molecule has 0 rings (SSSR count). The van der Waals surface area contributed by atoms with Gasteiger partial charge in [-0.1, -0.05) is 13.8 Å². The predicted molar refractivity (Wildman–Crippen MR) is 46.2 cm³/mol. The number of rotatable bonds is 5. The van der Waals surface area contributed by atoms with Crippen molar-refractivity contribution in [3.05, 3.63) is 0 Å². The van der Waals surface area contributed by atoms with Crippen LogP contribution in [0.2, 0.25) is 0 Å². The van der Waals surface area contributed by atoms with Crippen LogP contribution < -0.4 is 5.32 Å². The molecule has 0 fully saturated rings. The van der Waals surface area contributed by atoms with Gasteiger partial charge in [-0.3, -0.25) is 4.79 Å². The van der Waals surface area contributed by atoms with Crippen LogP contribution in [0.1, 0.15) is 26.7 Å². The maximum atomic E-state index is 10.9. The summed E-state index contributed by atoms with van der Waals surface area (Å²) in [5.41, 5.74) is 0. The van der Waals surface area contributed by atoms with Gasteiger partial charge >= 0.3 is 0 Å². The Kier molecular flexibility index (Phi) is 5.50. The Hall–Kier alpha value is -0.810. The van der Waals surface area contributed by atoms with Crippen molar-refractivity contribution in [3.63, 3.8) is 0 Å². The van der Waals surface area contributed by atoms with Gasteiger partial charge in [-0.05, 0) is 0 Å². The van der Waals surface area contributed by atoms with E-state index in [4.69, 9.17) is 6.42 Å². The van der Waals surface area contributed by atoms with E-state index in [9.17, 15) is 4.79 Å². The third-order valence-electron chi connectivity index (χ3n) is 1.26. The molecule has 0 aliphatic heterocycles. The lowest BCUT2D eigenvalue weighted by Gasteiger charge is -2.05. The van der Waals surface area contributed by atoms with Crippen molar-refractivity contribution in [2.45, 2.75) is 32.7 Å². The first-order valence-electron chi connectivity index (χ1n) is 3.85. The van der Waals surface area contributed by atoms with Gasteiger partial charge in [-0.25, -0.2) is 0 Å². The number of nitrogens with one attached hydrogen (secondary N) is 1. The van der Waals surface area contributed by atoms with Crippen molar-refractivity contribution in [1.82, 2.24) is 5.32 Å². The lowest BCUT2D eigenvalue weighted by Crippen LogP contribution is -2.28. The molecule has 0 radical (unpaired) electrons. The summed E-state index contributed by atoms with van der Waals surface area (Å²) in [7, 11) is 0. The molecule has 0 aliphatic rings. The largest absolute Gasteiger partial charge is 0.308 e. The van der Waals surface area contributed by atoms with Crippen LogP contribution >= 0.6 is 0 Å². The highest BCUT2D eigenvalue weighted by Gasteiger charge is 2.00. The number of hydrogen-bond acceptors (Lipinski definition) is 2. The van der Waals surface area contributed by atoms with Gasteiger partial charge < -0.3 is 5.32 Å². The molecule has 0 amide bonds. The Bertz CT molecular complexity index is 155. The van der Waals surface area contributed by atoms with E-state index < -0.39 is 0 Å². The smallest absolute Gasteiger partial charge is 0.147 e. The fourth-order valence-electron chi connectivity index (χ4n) is 0.618. The molecule has 0 aromatic rings. The second-order valence-corrected chi connectivity index (χ2v) is 2.78. The molecule has 0 spiro atoms. The number of Topliss-reactive ketones (excluding diaryl/α,β-unsaturated/α-hetero) is 1. The number of ketones is 1. The Balaban J connectivity index is 3.32. The normalized spacial score (nSPS) is 9.64. The van der Waals surface area contributed by atoms with Crippen LogP contribution in [0.25, 0.3) is 0 Å². The second kappa shape index (κ2) is 5.94. The molecule has 1 N–H and O–H groups in total. The van der Waals surface area contributed by atoms with Gasteiger partial charge in [0.1, 0.15) is 5.78 Å². The van der Waals surface area contributed by atoms with Crippen LogP contribution in [-0.2, 0) is 4.79 Å². The minimum absolute atomic E-state index is 0.191. The Morgan fingerprint density at radius 1 is 1.64 bits per heavy atom. The quantitative estimate of drug-likeness (QED) is 0.596. The Morgan fingerprint density at radius 3 is 2.73 bits per heavy atom. The van der Waals surface area contributed by atoms with E-state index in [2.05, 4.69) is 11.2 Å². The highest BCUT2D eigenvalue weighted by atomic mass is 16.1. The van der Waals surface area contributed by atoms with Crippen LogP contribution in [0, 0.1) is 12.3 Å². The van der Waals surface area contributed by atoms with Crippen molar-refractivity contribution < 1.29 is 4.79 Å². The van der Waals surface area contributed by atoms with Gasteiger partial charge in [-0.15, -0.1) is 12.3 Å². The summed E-state index contributed by atoms with van der Waals surface area (Å²) in [5.74, 6) is 2.63. The topological polar surface area (TPSA) is 29.1 Å². The Labute approximate surface area is 68.4 Å². The number of terminal acetylenes is 1. The third-order valence-corrected chi connectivity index (χ3v) is 1.26. The molecule has 0 heterocycles. The summed E-state index contributed by atoms with van der Waals surface area (Å²) in [6.45, 7) is 4.46. The van der Waals surface area contributed by atoms with Crippen LogP contribution in [0.4, 0.5) is 0 Å². The summed E-state index contributed by atoms with van der Waals surface area (Å²) in [6.07, 6.45) is 6.06. The van der Waals surface area contributed by atoms with Crippen molar-refractivity contribution in [3.8, 4) is 12.3 Å². The average Bonchev–Trinajstić information content (AvgIpc) is 1.97. The van der Waals surface area contributed by atoms with E-state index in [0.29, 0.717) is 25.4 Å². The lowest BCUT2D eigenvalue weighted by molar-refractivity contribution is -0.118. The van der Waals surface area contributed by atoms with E-state index in [1.165, 1.54) is 0 Å². The first-order chi connectivity index (χ1) is 5.16. The van der Waals surface area contributed by atoms with Gasteiger partial charge in [-0.2, -0.15) is 0 Å². The van der Waals surface area contributed by atoms with Crippen molar-refractivity contribution in [1.29, 1.82) is 0 Å². The maximum Gasteiger partial charge on any atom is 0.147 e. The van der Waals surface area contributed by atoms with Gasteiger partial charge in [0.15, 0.2) is 0 Å². The van der Waals surface area contributed by atoms with Crippen LogP contribution in [0.3, 0.4) is 0 Å². The molecule has 0 aromatic carbocycles. The maximum absolute atomic E-state index is 10.9. The number of carbonyl (C=O) groups excluding carboxylic acids is 1. The number of hydrogen-bond donors (Lipinski definition) is 1. The van der Waals surface area contributed by atoms with Crippen LogP contribution in [0.15, 0.2) is 0 Å². The van der Waals surface area contributed by atoms with Crippen LogP contribution in [-0.4, -0.2) is 18.4 Å².